The number of aryl methyl sites for hydroxylation is 1. The highest BCUT2D eigenvalue weighted by atomic mass is 16.4. The number of para-hydroxylation sites is 1. The van der Waals surface area contributed by atoms with Gasteiger partial charge < -0.3 is 9.52 Å². The van der Waals surface area contributed by atoms with Crippen molar-refractivity contribution in [1.82, 2.24) is 4.90 Å². The van der Waals surface area contributed by atoms with Gasteiger partial charge in [0.1, 0.15) is 11.3 Å². The summed E-state index contributed by atoms with van der Waals surface area (Å²) in [5.74, 6) is 0.0522. The van der Waals surface area contributed by atoms with Crippen LogP contribution < -0.4 is 0 Å². The number of aliphatic carboxylic acids is 1. The van der Waals surface area contributed by atoms with Crippen LogP contribution in [0.4, 0.5) is 0 Å². The Bertz CT molecular complexity index is 586. The van der Waals surface area contributed by atoms with E-state index in [0.717, 1.165) is 22.3 Å². The summed E-state index contributed by atoms with van der Waals surface area (Å²) in [6.45, 7) is 6.55. The summed E-state index contributed by atoms with van der Waals surface area (Å²) >= 11 is 0. The fourth-order valence-electron chi connectivity index (χ4n) is 2.22. The first kappa shape index (κ1) is 13.6. The summed E-state index contributed by atoms with van der Waals surface area (Å²) in [6, 6.07) is 8.03. The first-order chi connectivity index (χ1) is 8.99. The molecular formula is C15H19NO3. The molecule has 1 N–H and O–H groups in total. The van der Waals surface area contributed by atoms with Crippen LogP contribution >= 0.6 is 0 Å². The van der Waals surface area contributed by atoms with Crippen molar-refractivity contribution in [3.05, 3.63) is 35.6 Å². The van der Waals surface area contributed by atoms with Crippen LogP contribution in [0.2, 0.25) is 0 Å². The molecule has 0 saturated carbocycles. The highest BCUT2D eigenvalue weighted by Gasteiger charge is 2.18. The minimum absolute atomic E-state index is 0.0383. The molecule has 0 amide bonds. The van der Waals surface area contributed by atoms with Gasteiger partial charge in [0.05, 0.1) is 6.54 Å². The van der Waals surface area contributed by atoms with Crippen LogP contribution in [0.3, 0.4) is 0 Å². The number of fused-ring (bicyclic) bond motifs is 1. The molecule has 2 aromatic rings. The highest BCUT2D eigenvalue weighted by Crippen LogP contribution is 2.26. The fourth-order valence-corrected chi connectivity index (χ4v) is 2.22. The maximum atomic E-state index is 10.9. The molecule has 102 valence electrons. The number of benzene rings is 1. The van der Waals surface area contributed by atoms with E-state index in [1.807, 2.05) is 49.9 Å². The predicted octanol–water partition coefficient (Wildman–Crippen LogP) is 3.04. The Morgan fingerprint density at radius 3 is 2.68 bits per heavy atom. The molecule has 1 aromatic carbocycles. The normalized spacial score (nSPS) is 11.6. The Kier molecular flexibility index (Phi) is 3.90. The molecule has 0 aliphatic rings. The number of rotatable bonds is 5. The van der Waals surface area contributed by atoms with Gasteiger partial charge in [0.25, 0.3) is 0 Å². The van der Waals surface area contributed by atoms with Gasteiger partial charge in [0.2, 0.25) is 0 Å². The van der Waals surface area contributed by atoms with Gasteiger partial charge in [0.15, 0.2) is 0 Å². The zero-order chi connectivity index (χ0) is 14.0. The van der Waals surface area contributed by atoms with E-state index >= 15 is 0 Å². The molecule has 1 heterocycles. The molecule has 0 atom stereocenters. The zero-order valence-corrected chi connectivity index (χ0v) is 11.5. The van der Waals surface area contributed by atoms with Gasteiger partial charge in [-0.05, 0) is 26.8 Å². The third-order valence-electron chi connectivity index (χ3n) is 3.33. The van der Waals surface area contributed by atoms with Gasteiger partial charge in [-0.3, -0.25) is 9.69 Å². The van der Waals surface area contributed by atoms with E-state index in [4.69, 9.17) is 9.52 Å². The molecule has 0 unspecified atom stereocenters. The van der Waals surface area contributed by atoms with Gasteiger partial charge in [0, 0.05) is 23.5 Å². The molecule has 1 aromatic heterocycles. The average molecular weight is 261 g/mol. The summed E-state index contributed by atoms with van der Waals surface area (Å²) in [5.41, 5.74) is 1.93. The number of furan rings is 1. The Morgan fingerprint density at radius 1 is 1.37 bits per heavy atom. The van der Waals surface area contributed by atoms with Crippen LogP contribution in [0, 0.1) is 6.92 Å². The Labute approximate surface area is 112 Å². The van der Waals surface area contributed by atoms with Gasteiger partial charge >= 0.3 is 5.97 Å². The van der Waals surface area contributed by atoms with E-state index in [-0.39, 0.29) is 12.6 Å². The molecule has 0 spiro atoms. The molecule has 0 bridgehead atoms. The van der Waals surface area contributed by atoms with Gasteiger partial charge in [-0.2, -0.15) is 0 Å². The monoisotopic (exact) mass is 261 g/mol. The molecule has 0 aliphatic heterocycles. The summed E-state index contributed by atoms with van der Waals surface area (Å²) < 4.78 is 5.71. The van der Waals surface area contributed by atoms with E-state index in [1.165, 1.54) is 0 Å². The number of hydrogen-bond acceptors (Lipinski definition) is 3. The molecule has 2 rings (SSSR count). The van der Waals surface area contributed by atoms with Crippen molar-refractivity contribution < 1.29 is 14.3 Å². The molecule has 4 nitrogen and oxygen atoms in total. The van der Waals surface area contributed by atoms with Crippen LogP contribution in [-0.2, 0) is 11.3 Å². The van der Waals surface area contributed by atoms with Crippen molar-refractivity contribution in [2.24, 2.45) is 0 Å². The van der Waals surface area contributed by atoms with Crippen molar-refractivity contribution in [2.75, 3.05) is 6.54 Å². The van der Waals surface area contributed by atoms with Crippen LogP contribution in [0.15, 0.2) is 28.7 Å². The van der Waals surface area contributed by atoms with Crippen LogP contribution in [0.5, 0.6) is 0 Å². The van der Waals surface area contributed by atoms with Crippen molar-refractivity contribution in [2.45, 2.75) is 33.4 Å². The van der Waals surface area contributed by atoms with E-state index in [1.54, 1.807) is 0 Å². The highest BCUT2D eigenvalue weighted by molar-refractivity contribution is 5.82. The SMILES string of the molecule is Cc1oc2ccccc2c1CN(CC(=O)O)C(C)C. The maximum Gasteiger partial charge on any atom is 0.317 e. The molecule has 0 aliphatic carbocycles. The summed E-state index contributed by atoms with van der Waals surface area (Å²) in [7, 11) is 0. The lowest BCUT2D eigenvalue weighted by Gasteiger charge is -2.24. The van der Waals surface area contributed by atoms with E-state index in [2.05, 4.69) is 0 Å². The number of carboxylic acid groups (broad SMARTS) is 1. The largest absolute Gasteiger partial charge is 0.480 e. The van der Waals surface area contributed by atoms with Crippen LogP contribution in [0.1, 0.15) is 25.2 Å². The number of hydrogen-bond donors (Lipinski definition) is 1. The lowest BCUT2D eigenvalue weighted by molar-refractivity contribution is -0.138. The second-order valence-corrected chi connectivity index (χ2v) is 5.03. The minimum Gasteiger partial charge on any atom is -0.480 e. The number of nitrogens with zero attached hydrogens (tertiary/aromatic N) is 1. The lowest BCUT2D eigenvalue weighted by atomic mass is 10.1. The minimum atomic E-state index is -0.806. The van der Waals surface area contributed by atoms with Gasteiger partial charge in [-0.15, -0.1) is 0 Å². The van der Waals surface area contributed by atoms with E-state index < -0.39 is 5.97 Å². The second-order valence-electron chi connectivity index (χ2n) is 5.03. The first-order valence-electron chi connectivity index (χ1n) is 6.42. The summed E-state index contributed by atoms with van der Waals surface area (Å²) in [4.78, 5) is 12.8. The number of carbonyl (C=O) groups is 1. The van der Waals surface area contributed by atoms with Crippen molar-refractivity contribution in [1.29, 1.82) is 0 Å². The predicted molar refractivity (Wildman–Crippen MR) is 74.1 cm³/mol. The van der Waals surface area contributed by atoms with E-state index in [0.29, 0.717) is 6.54 Å². The molecule has 0 radical (unpaired) electrons. The van der Waals surface area contributed by atoms with Crippen LogP contribution in [-0.4, -0.2) is 28.6 Å². The molecule has 4 heteroatoms. The molecule has 0 saturated heterocycles. The second kappa shape index (κ2) is 5.45. The van der Waals surface area contributed by atoms with Crippen molar-refractivity contribution in [3.63, 3.8) is 0 Å². The summed E-state index contributed by atoms with van der Waals surface area (Å²) in [5, 5.41) is 10.0. The van der Waals surface area contributed by atoms with Crippen molar-refractivity contribution in [3.8, 4) is 0 Å². The maximum absolute atomic E-state index is 10.9. The Hall–Kier alpha value is -1.81. The van der Waals surface area contributed by atoms with Gasteiger partial charge in [-0.1, -0.05) is 18.2 Å². The third kappa shape index (κ3) is 2.96. The van der Waals surface area contributed by atoms with Crippen LogP contribution in [0.25, 0.3) is 11.0 Å². The van der Waals surface area contributed by atoms with Crippen molar-refractivity contribution >= 4 is 16.9 Å². The quantitative estimate of drug-likeness (QED) is 0.898. The lowest BCUT2D eigenvalue weighted by Crippen LogP contribution is -2.35. The molecular weight excluding hydrogens is 242 g/mol. The topological polar surface area (TPSA) is 53.7 Å². The Balaban J connectivity index is 2.33. The summed E-state index contributed by atoms with van der Waals surface area (Å²) in [6.07, 6.45) is 0. The number of carboxylic acids is 1. The first-order valence-corrected chi connectivity index (χ1v) is 6.42. The fraction of sp³-hybridized carbons (Fsp3) is 0.400. The zero-order valence-electron chi connectivity index (χ0n) is 11.5. The third-order valence-corrected chi connectivity index (χ3v) is 3.33. The van der Waals surface area contributed by atoms with Gasteiger partial charge in [-0.25, -0.2) is 0 Å². The Morgan fingerprint density at radius 2 is 2.05 bits per heavy atom. The molecule has 19 heavy (non-hydrogen) atoms. The average Bonchev–Trinajstić information content (AvgIpc) is 2.64. The smallest absolute Gasteiger partial charge is 0.317 e. The molecule has 0 fully saturated rings. The van der Waals surface area contributed by atoms with E-state index in [9.17, 15) is 4.79 Å². The standard InChI is InChI=1S/C15H19NO3/c1-10(2)16(9-15(17)18)8-13-11(3)19-14-7-5-4-6-12(13)14/h4-7,10H,8-9H2,1-3H3,(H,17,18).